The van der Waals surface area contributed by atoms with Crippen LogP contribution in [0, 0.1) is 18.8 Å². The van der Waals surface area contributed by atoms with Crippen LogP contribution in [0.4, 0.5) is 22.7 Å². The Kier molecular flexibility index (Phi) is 5.77. The standard InChI is InChI=1S/C26H27ClN4O/c1-17-23(27)6-4-8-24(17)30-25-7-3-2-5-22(25)26(32)29-20-9-11-21(12-10-20)31-15-18-13-28-14-19(18)16-31/h2-12,18-19,28,30H,13-16H2,1H3,(H,29,32). The molecule has 5 nitrogen and oxygen atoms in total. The molecular weight excluding hydrogens is 420 g/mol. The highest BCUT2D eigenvalue weighted by Crippen LogP contribution is 2.31. The molecule has 2 unspecified atom stereocenters. The highest BCUT2D eigenvalue weighted by atomic mass is 35.5. The number of carbonyl (C=O) groups is 1. The Morgan fingerprint density at radius 1 is 0.938 bits per heavy atom. The zero-order valence-electron chi connectivity index (χ0n) is 18.1. The number of halogens is 1. The van der Waals surface area contributed by atoms with Gasteiger partial charge in [-0.3, -0.25) is 4.79 Å². The third-order valence-electron chi connectivity index (χ3n) is 6.59. The molecule has 0 aliphatic carbocycles. The second kappa shape index (κ2) is 8.85. The highest BCUT2D eigenvalue weighted by Gasteiger charge is 2.36. The van der Waals surface area contributed by atoms with Gasteiger partial charge >= 0.3 is 0 Å². The van der Waals surface area contributed by atoms with E-state index in [-0.39, 0.29) is 5.91 Å². The maximum Gasteiger partial charge on any atom is 0.257 e. The predicted molar refractivity (Wildman–Crippen MR) is 132 cm³/mol. The van der Waals surface area contributed by atoms with Crippen molar-refractivity contribution in [3.8, 4) is 0 Å². The van der Waals surface area contributed by atoms with Crippen molar-refractivity contribution >= 4 is 40.3 Å². The van der Waals surface area contributed by atoms with Crippen molar-refractivity contribution < 1.29 is 4.79 Å². The maximum absolute atomic E-state index is 13.1. The lowest BCUT2D eigenvalue weighted by Gasteiger charge is -2.20. The predicted octanol–water partition coefficient (Wildman–Crippen LogP) is 5.30. The molecule has 2 saturated heterocycles. The second-order valence-corrected chi connectivity index (χ2v) is 9.07. The molecule has 0 radical (unpaired) electrons. The number of carbonyl (C=O) groups excluding carboxylic acids is 1. The second-order valence-electron chi connectivity index (χ2n) is 8.67. The van der Waals surface area contributed by atoms with Gasteiger partial charge in [0.2, 0.25) is 0 Å². The molecule has 3 aromatic carbocycles. The van der Waals surface area contributed by atoms with Gasteiger partial charge in [-0.15, -0.1) is 0 Å². The molecule has 3 N–H and O–H groups in total. The summed E-state index contributed by atoms with van der Waals surface area (Å²) in [6.45, 7) is 6.41. The molecule has 0 saturated carbocycles. The monoisotopic (exact) mass is 446 g/mol. The quantitative estimate of drug-likeness (QED) is 0.497. The normalized spacial score (nSPS) is 19.6. The van der Waals surface area contributed by atoms with Crippen LogP contribution in [0.3, 0.4) is 0 Å². The smallest absolute Gasteiger partial charge is 0.257 e. The van der Waals surface area contributed by atoms with Gasteiger partial charge in [-0.05, 0) is 72.9 Å². The summed E-state index contributed by atoms with van der Waals surface area (Å²) in [4.78, 5) is 15.5. The molecule has 2 atom stereocenters. The van der Waals surface area contributed by atoms with Crippen LogP contribution >= 0.6 is 11.6 Å². The van der Waals surface area contributed by atoms with E-state index in [1.165, 1.54) is 5.69 Å². The molecule has 3 aromatic rings. The Labute approximate surface area is 193 Å². The van der Waals surface area contributed by atoms with Gasteiger partial charge in [-0.1, -0.05) is 29.8 Å². The number of hydrogen-bond acceptors (Lipinski definition) is 4. The molecule has 5 rings (SSSR count). The number of hydrogen-bond donors (Lipinski definition) is 3. The van der Waals surface area contributed by atoms with Crippen molar-refractivity contribution in [3.63, 3.8) is 0 Å². The van der Waals surface area contributed by atoms with Crippen LogP contribution in [-0.4, -0.2) is 32.1 Å². The van der Waals surface area contributed by atoms with Crippen LogP contribution in [0.25, 0.3) is 0 Å². The van der Waals surface area contributed by atoms with E-state index < -0.39 is 0 Å². The summed E-state index contributed by atoms with van der Waals surface area (Å²) in [6, 6.07) is 21.4. The third-order valence-corrected chi connectivity index (χ3v) is 7.00. The van der Waals surface area contributed by atoms with E-state index in [2.05, 4.69) is 33.0 Å². The Morgan fingerprint density at radius 3 is 2.38 bits per heavy atom. The average Bonchev–Trinajstić information content (AvgIpc) is 3.40. The zero-order valence-corrected chi connectivity index (χ0v) is 18.8. The Morgan fingerprint density at radius 2 is 1.62 bits per heavy atom. The summed E-state index contributed by atoms with van der Waals surface area (Å²) in [7, 11) is 0. The largest absolute Gasteiger partial charge is 0.371 e. The molecule has 6 heteroatoms. The van der Waals surface area contributed by atoms with Crippen molar-refractivity contribution in [1.82, 2.24) is 5.32 Å². The van der Waals surface area contributed by atoms with Crippen LogP contribution < -0.4 is 20.9 Å². The zero-order chi connectivity index (χ0) is 22.1. The number of nitrogens with one attached hydrogen (secondary N) is 3. The fourth-order valence-electron chi connectivity index (χ4n) is 4.70. The van der Waals surface area contributed by atoms with Crippen LogP contribution in [0.5, 0.6) is 0 Å². The summed E-state index contributed by atoms with van der Waals surface area (Å²) < 4.78 is 0. The van der Waals surface area contributed by atoms with E-state index in [0.717, 1.165) is 60.6 Å². The highest BCUT2D eigenvalue weighted by molar-refractivity contribution is 6.31. The van der Waals surface area contributed by atoms with Gasteiger partial charge in [0.25, 0.3) is 5.91 Å². The minimum absolute atomic E-state index is 0.151. The van der Waals surface area contributed by atoms with E-state index in [1.807, 2.05) is 61.5 Å². The number of rotatable bonds is 5. The first kappa shape index (κ1) is 20.9. The molecular formula is C26H27ClN4O. The minimum atomic E-state index is -0.151. The minimum Gasteiger partial charge on any atom is -0.371 e. The summed E-state index contributed by atoms with van der Waals surface area (Å²) >= 11 is 6.25. The summed E-state index contributed by atoms with van der Waals surface area (Å²) in [5.41, 5.74) is 5.15. The summed E-state index contributed by atoms with van der Waals surface area (Å²) in [6.07, 6.45) is 0. The number of amides is 1. The Bertz CT molecular complexity index is 1120. The van der Waals surface area contributed by atoms with E-state index in [1.54, 1.807) is 0 Å². The number of para-hydroxylation sites is 1. The first-order chi connectivity index (χ1) is 15.6. The molecule has 2 fully saturated rings. The van der Waals surface area contributed by atoms with Crippen molar-refractivity contribution in [2.45, 2.75) is 6.92 Å². The van der Waals surface area contributed by atoms with E-state index in [0.29, 0.717) is 10.6 Å². The van der Waals surface area contributed by atoms with Gasteiger partial charge in [-0.25, -0.2) is 0 Å². The van der Waals surface area contributed by atoms with Gasteiger partial charge in [0.1, 0.15) is 0 Å². The van der Waals surface area contributed by atoms with Crippen molar-refractivity contribution in [2.75, 3.05) is 41.7 Å². The van der Waals surface area contributed by atoms with Gasteiger partial charge in [0.15, 0.2) is 0 Å². The van der Waals surface area contributed by atoms with Gasteiger partial charge in [0, 0.05) is 48.3 Å². The number of benzene rings is 3. The van der Waals surface area contributed by atoms with Crippen molar-refractivity contribution in [3.05, 3.63) is 82.9 Å². The Balaban J connectivity index is 1.29. The van der Waals surface area contributed by atoms with Crippen LogP contribution in [-0.2, 0) is 0 Å². The topological polar surface area (TPSA) is 56.4 Å². The van der Waals surface area contributed by atoms with E-state index >= 15 is 0 Å². The summed E-state index contributed by atoms with van der Waals surface area (Å²) in [5.74, 6) is 1.35. The average molecular weight is 447 g/mol. The van der Waals surface area contributed by atoms with Gasteiger partial charge in [0.05, 0.1) is 11.3 Å². The maximum atomic E-state index is 13.1. The number of nitrogens with zero attached hydrogens (tertiary/aromatic N) is 1. The first-order valence-corrected chi connectivity index (χ1v) is 11.4. The lowest BCUT2D eigenvalue weighted by molar-refractivity contribution is 0.102. The first-order valence-electron chi connectivity index (χ1n) is 11.1. The SMILES string of the molecule is Cc1c(Cl)cccc1Nc1ccccc1C(=O)Nc1ccc(N2CC3CNCC3C2)cc1. The van der Waals surface area contributed by atoms with Gasteiger partial charge < -0.3 is 20.9 Å². The molecule has 1 amide bonds. The lowest BCUT2D eigenvalue weighted by atomic mass is 10.0. The van der Waals surface area contributed by atoms with Crippen LogP contribution in [0.15, 0.2) is 66.7 Å². The summed E-state index contributed by atoms with van der Waals surface area (Å²) in [5, 5.41) is 10.6. The fraction of sp³-hybridized carbons (Fsp3) is 0.269. The number of anilines is 4. The molecule has 0 aromatic heterocycles. The third kappa shape index (κ3) is 4.18. The van der Waals surface area contributed by atoms with E-state index in [9.17, 15) is 4.79 Å². The fourth-order valence-corrected chi connectivity index (χ4v) is 4.87. The van der Waals surface area contributed by atoms with E-state index in [4.69, 9.17) is 11.6 Å². The van der Waals surface area contributed by atoms with Crippen molar-refractivity contribution in [2.24, 2.45) is 11.8 Å². The van der Waals surface area contributed by atoms with Crippen LogP contribution in [0.1, 0.15) is 15.9 Å². The molecule has 32 heavy (non-hydrogen) atoms. The molecule has 2 aliphatic rings. The molecule has 0 spiro atoms. The lowest BCUT2D eigenvalue weighted by Crippen LogP contribution is -2.25. The molecule has 0 bridgehead atoms. The molecule has 2 aliphatic heterocycles. The Hall–Kier alpha value is -3.02. The van der Waals surface area contributed by atoms with Gasteiger partial charge in [-0.2, -0.15) is 0 Å². The molecule has 164 valence electrons. The van der Waals surface area contributed by atoms with Crippen molar-refractivity contribution in [1.29, 1.82) is 0 Å². The number of fused-ring (bicyclic) bond motifs is 1. The van der Waals surface area contributed by atoms with Crippen LogP contribution in [0.2, 0.25) is 5.02 Å². The molecule has 2 heterocycles.